The van der Waals surface area contributed by atoms with E-state index in [1.165, 1.54) is 12.1 Å². The first-order chi connectivity index (χ1) is 9.51. The Balaban J connectivity index is 2.23. The molecule has 0 fully saturated rings. The fourth-order valence-electron chi connectivity index (χ4n) is 1.63. The average molecular weight is 280 g/mol. The Morgan fingerprint density at radius 2 is 1.70 bits per heavy atom. The number of nitrogens with one attached hydrogen (secondary N) is 2. The average Bonchev–Trinajstić information content (AvgIpc) is 2.44. The summed E-state index contributed by atoms with van der Waals surface area (Å²) in [5, 5.41) is 5.01. The predicted octanol–water partition coefficient (Wildman–Crippen LogP) is 3.40. The van der Waals surface area contributed by atoms with Crippen molar-refractivity contribution in [3.8, 4) is 0 Å². The van der Waals surface area contributed by atoms with Crippen LogP contribution in [0.25, 0.3) is 0 Å². The highest BCUT2D eigenvalue weighted by molar-refractivity contribution is 6.04. The third-order valence-corrected chi connectivity index (χ3v) is 2.68. The van der Waals surface area contributed by atoms with Gasteiger partial charge in [-0.25, -0.2) is 13.2 Å². The topological polar surface area (TPSA) is 41.1 Å². The molecule has 2 rings (SSSR count). The summed E-state index contributed by atoms with van der Waals surface area (Å²) in [7, 11) is 1.72. The summed E-state index contributed by atoms with van der Waals surface area (Å²) >= 11 is 0. The van der Waals surface area contributed by atoms with Crippen LogP contribution in [0, 0.1) is 17.5 Å². The van der Waals surface area contributed by atoms with Crippen LogP contribution in [0.5, 0.6) is 0 Å². The van der Waals surface area contributed by atoms with E-state index < -0.39 is 29.0 Å². The van der Waals surface area contributed by atoms with Crippen LogP contribution in [-0.4, -0.2) is 13.0 Å². The lowest BCUT2D eigenvalue weighted by Crippen LogP contribution is -2.13. The SMILES string of the molecule is CNc1ccc(C(=O)Nc2cc(F)cc(F)c2F)cc1. The van der Waals surface area contributed by atoms with Gasteiger partial charge in [-0.2, -0.15) is 0 Å². The van der Waals surface area contributed by atoms with E-state index in [2.05, 4.69) is 10.6 Å². The van der Waals surface area contributed by atoms with Gasteiger partial charge in [-0.3, -0.25) is 4.79 Å². The molecule has 0 aromatic heterocycles. The van der Waals surface area contributed by atoms with Gasteiger partial charge in [0, 0.05) is 30.4 Å². The maximum atomic E-state index is 13.4. The maximum Gasteiger partial charge on any atom is 0.255 e. The van der Waals surface area contributed by atoms with Crippen molar-refractivity contribution >= 4 is 17.3 Å². The van der Waals surface area contributed by atoms with E-state index in [0.29, 0.717) is 6.07 Å². The molecule has 2 aromatic rings. The molecular formula is C14H11F3N2O. The summed E-state index contributed by atoms with van der Waals surface area (Å²) in [5.74, 6) is -4.28. The largest absolute Gasteiger partial charge is 0.388 e. The molecule has 2 N–H and O–H groups in total. The number of benzene rings is 2. The van der Waals surface area contributed by atoms with Crippen LogP contribution in [0.15, 0.2) is 36.4 Å². The fourth-order valence-corrected chi connectivity index (χ4v) is 1.63. The summed E-state index contributed by atoms with van der Waals surface area (Å²) in [4.78, 5) is 11.8. The van der Waals surface area contributed by atoms with Gasteiger partial charge in [0.25, 0.3) is 5.91 Å². The number of carbonyl (C=O) groups is 1. The minimum Gasteiger partial charge on any atom is -0.388 e. The minimum atomic E-state index is -1.36. The van der Waals surface area contributed by atoms with Gasteiger partial charge in [-0.15, -0.1) is 0 Å². The van der Waals surface area contributed by atoms with E-state index >= 15 is 0 Å². The Morgan fingerprint density at radius 1 is 1.05 bits per heavy atom. The molecule has 0 aliphatic carbocycles. The molecule has 0 unspecified atom stereocenters. The highest BCUT2D eigenvalue weighted by Gasteiger charge is 2.14. The molecule has 104 valence electrons. The number of hydrogen-bond acceptors (Lipinski definition) is 2. The summed E-state index contributed by atoms with van der Waals surface area (Å²) < 4.78 is 39.4. The fraction of sp³-hybridized carbons (Fsp3) is 0.0714. The Morgan fingerprint density at radius 3 is 2.30 bits per heavy atom. The quantitative estimate of drug-likeness (QED) is 0.846. The number of carbonyl (C=O) groups excluding carboxylic acids is 1. The summed E-state index contributed by atoms with van der Waals surface area (Å²) in [6, 6.07) is 7.45. The van der Waals surface area contributed by atoms with Crippen molar-refractivity contribution in [1.82, 2.24) is 0 Å². The maximum absolute atomic E-state index is 13.4. The normalized spacial score (nSPS) is 10.2. The lowest BCUT2D eigenvalue weighted by molar-refractivity contribution is 0.102. The smallest absolute Gasteiger partial charge is 0.255 e. The van der Waals surface area contributed by atoms with E-state index in [1.54, 1.807) is 19.2 Å². The molecule has 0 saturated heterocycles. The summed E-state index contributed by atoms with van der Waals surface area (Å²) in [6.45, 7) is 0. The zero-order valence-corrected chi connectivity index (χ0v) is 10.5. The van der Waals surface area contributed by atoms with Crippen molar-refractivity contribution in [3.63, 3.8) is 0 Å². The minimum absolute atomic E-state index is 0.244. The monoisotopic (exact) mass is 280 g/mol. The molecule has 0 saturated carbocycles. The molecule has 0 heterocycles. The van der Waals surface area contributed by atoms with Crippen LogP contribution in [-0.2, 0) is 0 Å². The van der Waals surface area contributed by atoms with Gasteiger partial charge in [-0.05, 0) is 24.3 Å². The molecule has 0 bridgehead atoms. The van der Waals surface area contributed by atoms with Crippen molar-refractivity contribution in [2.75, 3.05) is 17.7 Å². The van der Waals surface area contributed by atoms with E-state index in [4.69, 9.17) is 0 Å². The lowest BCUT2D eigenvalue weighted by Gasteiger charge is -2.08. The molecule has 0 aliphatic heterocycles. The number of anilines is 2. The van der Waals surface area contributed by atoms with Crippen molar-refractivity contribution in [2.24, 2.45) is 0 Å². The predicted molar refractivity (Wildman–Crippen MR) is 70.3 cm³/mol. The highest BCUT2D eigenvalue weighted by atomic mass is 19.2. The molecule has 0 aliphatic rings. The first-order valence-electron chi connectivity index (χ1n) is 5.75. The van der Waals surface area contributed by atoms with Gasteiger partial charge < -0.3 is 10.6 Å². The summed E-state index contributed by atoms with van der Waals surface area (Å²) in [5.41, 5.74) is 0.503. The third-order valence-electron chi connectivity index (χ3n) is 2.68. The van der Waals surface area contributed by atoms with Crippen molar-refractivity contribution in [1.29, 1.82) is 0 Å². The van der Waals surface area contributed by atoms with Crippen LogP contribution in [0.3, 0.4) is 0 Å². The second-order valence-electron chi connectivity index (χ2n) is 4.03. The Kier molecular flexibility index (Phi) is 3.93. The second kappa shape index (κ2) is 5.64. The third kappa shape index (κ3) is 2.90. The standard InChI is InChI=1S/C14H11F3N2O/c1-18-10-4-2-8(3-5-10)14(20)19-12-7-9(15)6-11(16)13(12)17/h2-7,18H,1H3,(H,19,20). The molecule has 0 spiro atoms. The van der Waals surface area contributed by atoms with Crippen LogP contribution < -0.4 is 10.6 Å². The number of amides is 1. The van der Waals surface area contributed by atoms with Gasteiger partial charge >= 0.3 is 0 Å². The van der Waals surface area contributed by atoms with Crippen LogP contribution in [0.4, 0.5) is 24.5 Å². The van der Waals surface area contributed by atoms with Crippen molar-refractivity contribution < 1.29 is 18.0 Å². The first-order valence-corrected chi connectivity index (χ1v) is 5.75. The highest BCUT2D eigenvalue weighted by Crippen LogP contribution is 2.20. The van der Waals surface area contributed by atoms with Crippen LogP contribution >= 0.6 is 0 Å². The van der Waals surface area contributed by atoms with E-state index in [0.717, 1.165) is 11.8 Å². The first kappa shape index (κ1) is 13.9. The molecule has 20 heavy (non-hydrogen) atoms. The molecule has 0 radical (unpaired) electrons. The Hall–Kier alpha value is -2.50. The Labute approximate surface area is 113 Å². The van der Waals surface area contributed by atoms with Crippen LogP contribution in [0.2, 0.25) is 0 Å². The number of rotatable bonds is 3. The van der Waals surface area contributed by atoms with Gasteiger partial charge in [0.15, 0.2) is 11.6 Å². The van der Waals surface area contributed by atoms with Gasteiger partial charge in [0.2, 0.25) is 0 Å². The van der Waals surface area contributed by atoms with Gasteiger partial charge in [0.1, 0.15) is 5.82 Å². The zero-order valence-electron chi connectivity index (χ0n) is 10.5. The number of hydrogen-bond donors (Lipinski definition) is 2. The molecule has 2 aromatic carbocycles. The Bertz CT molecular complexity index is 642. The van der Waals surface area contributed by atoms with E-state index in [-0.39, 0.29) is 5.56 Å². The van der Waals surface area contributed by atoms with E-state index in [1.807, 2.05) is 0 Å². The zero-order chi connectivity index (χ0) is 14.7. The lowest BCUT2D eigenvalue weighted by atomic mass is 10.2. The van der Waals surface area contributed by atoms with Crippen molar-refractivity contribution in [3.05, 3.63) is 59.4 Å². The number of halogens is 3. The summed E-state index contributed by atoms with van der Waals surface area (Å²) in [6.07, 6.45) is 0. The molecule has 0 atom stereocenters. The second-order valence-corrected chi connectivity index (χ2v) is 4.03. The molecule has 6 heteroatoms. The molecular weight excluding hydrogens is 269 g/mol. The van der Waals surface area contributed by atoms with E-state index in [9.17, 15) is 18.0 Å². The van der Waals surface area contributed by atoms with Gasteiger partial charge in [0.05, 0.1) is 5.69 Å². The molecule has 3 nitrogen and oxygen atoms in total. The van der Waals surface area contributed by atoms with Crippen molar-refractivity contribution in [2.45, 2.75) is 0 Å². The molecule has 1 amide bonds. The van der Waals surface area contributed by atoms with Gasteiger partial charge in [-0.1, -0.05) is 0 Å². The van der Waals surface area contributed by atoms with Crippen LogP contribution in [0.1, 0.15) is 10.4 Å².